The van der Waals surface area contributed by atoms with Crippen LogP contribution in [-0.4, -0.2) is 27.8 Å². The number of aromatic nitrogens is 2. The number of benzene rings is 1. The van der Waals surface area contributed by atoms with E-state index in [1.807, 2.05) is 49.6 Å². The Balaban J connectivity index is 1.63. The lowest BCUT2D eigenvalue weighted by atomic mass is 10.0. The minimum atomic E-state index is -0.598. The lowest BCUT2D eigenvalue weighted by molar-refractivity contribution is -0.124. The summed E-state index contributed by atoms with van der Waals surface area (Å²) in [4.78, 5) is 32.9. The largest absolute Gasteiger partial charge is 0.347 e. The molecule has 2 aromatic heterocycles. The van der Waals surface area contributed by atoms with Gasteiger partial charge in [0.15, 0.2) is 0 Å². The Morgan fingerprint density at radius 1 is 1.20 bits per heavy atom. The van der Waals surface area contributed by atoms with Gasteiger partial charge in [-0.2, -0.15) is 0 Å². The number of rotatable bonds is 6. The SMILES string of the molecule is CC(C)[C@H](NC(=O)c1cccs1)C(=O)NCc1nc2ccccc2[nH]1. The van der Waals surface area contributed by atoms with Crippen molar-refractivity contribution in [2.24, 2.45) is 5.92 Å². The first kappa shape index (κ1) is 17.2. The zero-order valence-corrected chi connectivity index (χ0v) is 14.9. The molecule has 3 aromatic rings. The second-order valence-electron chi connectivity index (χ2n) is 6.09. The molecule has 1 atom stereocenters. The van der Waals surface area contributed by atoms with Crippen molar-refractivity contribution in [1.82, 2.24) is 20.6 Å². The molecule has 25 heavy (non-hydrogen) atoms. The van der Waals surface area contributed by atoms with Crippen LogP contribution in [0.3, 0.4) is 0 Å². The highest BCUT2D eigenvalue weighted by molar-refractivity contribution is 7.12. The van der Waals surface area contributed by atoms with Crippen LogP contribution in [0.25, 0.3) is 11.0 Å². The van der Waals surface area contributed by atoms with Crippen molar-refractivity contribution in [1.29, 1.82) is 0 Å². The minimum absolute atomic E-state index is 0.0282. The molecule has 6 nitrogen and oxygen atoms in total. The van der Waals surface area contributed by atoms with Gasteiger partial charge in [0.2, 0.25) is 5.91 Å². The van der Waals surface area contributed by atoms with Crippen molar-refractivity contribution in [3.05, 3.63) is 52.5 Å². The second-order valence-corrected chi connectivity index (χ2v) is 7.04. The molecule has 2 amide bonds. The molecule has 0 saturated heterocycles. The summed E-state index contributed by atoms with van der Waals surface area (Å²) in [5.41, 5.74) is 1.79. The molecule has 7 heteroatoms. The Labute approximate surface area is 149 Å². The van der Waals surface area contributed by atoms with Crippen LogP contribution in [0.4, 0.5) is 0 Å². The Kier molecular flexibility index (Phi) is 5.14. The highest BCUT2D eigenvalue weighted by Crippen LogP contribution is 2.12. The molecule has 0 aliphatic carbocycles. The van der Waals surface area contributed by atoms with Gasteiger partial charge in [-0.3, -0.25) is 9.59 Å². The lowest BCUT2D eigenvalue weighted by Gasteiger charge is -2.21. The summed E-state index contributed by atoms with van der Waals surface area (Å²) < 4.78 is 0. The van der Waals surface area contributed by atoms with Gasteiger partial charge in [-0.15, -0.1) is 11.3 Å². The van der Waals surface area contributed by atoms with Gasteiger partial charge in [-0.1, -0.05) is 32.0 Å². The summed E-state index contributed by atoms with van der Waals surface area (Å²) in [7, 11) is 0. The number of hydrogen-bond donors (Lipinski definition) is 3. The number of fused-ring (bicyclic) bond motifs is 1. The second kappa shape index (κ2) is 7.48. The number of imidazole rings is 1. The molecule has 0 radical (unpaired) electrons. The van der Waals surface area contributed by atoms with E-state index in [-0.39, 0.29) is 24.3 Å². The fraction of sp³-hybridized carbons (Fsp3) is 0.278. The number of H-pyrrole nitrogens is 1. The standard InChI is InChI=1S/C18H20N4O2S/c1-11(2)16(22-17(23)14-8-5-9-25-14)18(24)19-10-15-20-12-6-3-4-7-13(12)21-15/h3-9,11,16H,10H2,1-2H3,(H,19,24)(H,20,21)(H,22,23)/t16-/m0/s1. The Hall–Kier alpha value is -2.67. The number of carbonyl (C=O) groups excluding carboxylic acids is 2. The van der Waals surface area contributed by atoms with Crippen molar-refractivity contribution in [2.45, 2.75) is 26.4 Å². The third-order valence-electron chi connectivity index (χ3n) is 3.85. The van der Waals surface area contributed by atoms with Crippen LogP contribution in [-0.2, 0) is 11.3 Å². The highest BCUT2D eigenvalue weighted by Gasteiger charge is 2.25. The maximum atomic E-state index is 12.5. The van der Waals surface area contributed by atoms with Gasteiger partial charge in [0, 0.05) is 0 Å². The van der Waals surface area contributed by atoms with Crippen LogP contribution in [0.1, 0.15) is 29.3 Å². The van der Waals surface area contributed by atoms with Crippen molar-refractivity contribution < 1.29 is 9.59 Å². The number of carbonyl (C=O) groups is 2. The maximum absolute atomic E-state index is 12.5. The molecule has 130 valence electrons. The van der Waals surface area contributed by atoms with E-state index in [9.17, 15) is 9.59 Å². The lowest BCUT2D eigenvalue weighted by Crippen LogP contribution is -2.49. The molecule has 2 heterocycles. The average Bonchev–Trinajstić information content (AvgIpc) is 3.25. The zero-order chi connectivity index (χ0) is 17.8. The Morgan fingerprint density at radius 2 is 2.00 bits per heavy atom. The van der Waals surface area contributed by atoms with Crippen molar-refractivity contribution in [3.8, 4) is 0 Å². The predicted octanol–water partition coefficient (Wildman–Crippen LogP) is 2.70. The van der Waals surface area contributed by atoms with E-state index in [0.29, 0.717) is 10.7 Å². The first-order valence-corrected chi connectivity index (χ1v) is 8.98. The molecule has 3 N–H and O–H groups in total. The molecular weight excluding hydrogens is 336 g/mol. The van der Waals surface area contributed by atoms with E-state index >= 15 is 0 Å². The fourth-order valence-corrected chi connectivity index (χ4v) is 3.15. The smallest absolute Gasteiger partial charge is 0.262 e. The topological polar surface area (TPSA) is 86.9 Å². The maximum Gasteiger partial charge on any atom is 0.262 e. The molecule has 0 aliphatic rings. The highest BCUT2D eigenvalue weighted by atomic mass is 32.1. The number of amides is 2. The molecule has 1 aromatic carbocycles. The summed E-state index contributed by atoms with van der Waals surface area (Å²) >= 11 is 1.35. The molecule has 0 aliphatic heterocycles. The molecule has 0 bridgehead atoms. The van der Waals surface area contributed by atoms with E-state index in [1.165, 1.54) is 11.3 Å². The van der Waals surface area contributed by atoms with Gasteiger partial charge in [0.25, 0.3) is 5.91 Å². The summed E-state index contributed by atoms with van der Waals surface area (Å²) in [6.45, 7) is 4.09. The number of aromatic amines is 1. The molecule has 0 saturated carbocycles. The molecular formula is C18H20N4O2S. The third kappa shape index (κ3) is 4.06. The van der Waals surface area contributed by atoms with Crippen molar-refractivity contribution >= 4 is 34.2 Å². The van der Waals surface area contributed by atoms with Gasteiger partial charge >= 0.3 is 0 Å². The minimum Gasteiger partial charge on any atom is -0.347 e. The first-order chi connectivity index (χ1) is 12.0. The quantitative estimate of drug-likeness (QED) is 0.635. The van der Waals surface area contributed by atoms with E-state index in [0.717, 1.165) is 11.0 Å². The fourth-order valence-electron chi connectivity index (χ4n) is 2.53. The average molecular weight is 356 g/mol. The Morgan fingerprint density at radius 3 is 2.68 bits per heavy atom. The Bertz CT molecular complexity index is 837. The van der Waals surface area contributed by atoms with Gasteiger partial charge < -0.3 is 15.6 Å². The van der Waals surface area contributed by atoms with E-state index < -0.39 is 6.04 Å². The van der Waals surface area contributed by atoms with Crippen LogP contribution in [0.2, 0.25) is 0 Å². The summed E-state index contributed by atoms with van der Waals surface area (Å²) in [5, 5.41) is 7.49. The molecule has 3 rings (SSSR count). The third-order valence-corrected chi connectivity index (χ3v) is 4.72. The monoisotopic (exact) mass is 356 g/mol. The summed E-state index contributed by atoms with van der Waals surface area (Å²) in [6.07, 6.45) is 0. The summed E-state index contributed by atoms with van der Waals surface area (Å²) in [6, 6.07) is 10.6. The van der Waals surface area contributed by atoms with E-state index in [1.54, 1.807) is 6.07 Å². The van der Waals surface area contributed by atoms with Crippen LogP contribution in [0.5, 0.6) is 0 Å². The van der Waals surface area contributed by atoms with Crippen LogP contribution < -0.4 is 10.6 Å². The first-order valence-electron chi connectivity index (χ1n) is 8.10. The van der Waals surface area contributed by atoms with Gasteiger partial charge in [-0.25, -0.2) is 4.98 Å². The van der Waals surface area contributed by atoms with Gasteiger partial charge in [0.1, 0.15) is 11.9 Å². The van der Waals surface area contributed by atoms with Crippen molar-refractivity contribution in [2.75, 3.05) is 0 Å². The number of hydrogen-bond acceptors (Lipinski definition) is 4. The molecule has 0 spiro atoms. The predicted molar refractivity (Wildman–Crippen MR) is 98.4 cm³/mol. The zero-order valence-electron chi connectivity index (χ0n) is 14.1. The van der Waals surface area contributed by atoms with Crippen LogP contribution in [0, 0.1) is 5.92 Å². The number of nitrogens with one attached hydrogen (secondary N) is 3. The van der Waals surface area contributed by atoms with Crippen LogP contribution >= 0.6 is 11.3 Å². The summed E-state index contributed by atoms with van der Waals surface area (Å²) in [5.74, 6) is 0.203. The number of nitrogens with zero attached hydrogens (tertiary/aromatic N) is 1. The normalized spacial score (nSPS) is 12.3. The molecule has 0 unspecified atom stereocenters. The number of para-hydroxylation sites is 2. The molecule has 0 fully saturated rings. The van der Waals surface area contributed by atoms with Gasteiger partial charge in [-0.05, 0) is 29.5 Å². The van der Waals surface area contributed by atoms with Crippen molar-refractivity contribution in [3.63, 3.8) is 0 Å². The van der Waals surface area contributed by atoms with E-state index in [4.69, 9.17) is 0 Å². The van der Waals surface area contributed by atoms with E-state index in [2.05, 4.69) is 20.6 Å². The van der Waals surface area contributed by atoms with Gasteiger partial charge in [0.05, 0.1) is 22.5 Å². The van der Waals surface area contributed by atoms with Crippen LogP contribution in [0.15, 0.2) is 41.8 Å². The number of thiophene rings is 1.